The molecule has 2 heterocycles. The fraction of sp³-hybridized carbons (Fsp3) is 0.562. The van der Waals surface area contributed by atoms with Gasteiger partial charge < -0.3 is 15.8 Å². The van der Waals surface area contributed by atoms with Gasteiger partial charge >= 0.3 is 0 Å². The Labute approximate surface area is 119 Å². The predicted molar refractivity (Wildman–Crippen MR) is 78.5 cm³/mol. The van der Waals surface area contributed by atoms with Crippen molar-refractivity contribution in [3.63, 3.8) is 0 Å². The summed E-state index contributed by atoms with van der Waals surface area (Å²) in [6.07, 6.45) is 5.90. The Morgan fingerprint density at radius 1 is 1.35 bits per heavy atom. The standard InChI is InChI=1S/C16H22N2O2/c17-14(10-13-4-2-8-20-13)11-6-7-15-12(9-11)3-1-5-16(19)18-15/h6-7,9,13-14H,1-5,8,10,17H2,(H,18,19). The van der Waals surface area contributed by atoms with Gasteiger partial charge in [-0.15, -0.1) is 0 Å². The number of fused-ring (bicyclic) bond motifs is 1. The second-order valence-electron chi connectivity index (χ2n) is 5.80. The molecule has 3 N–H and O–H groups in total. The highest BCUT2D eigenvalue weighted by atomic mass is 16.5. The SMILES string of the molecule is NC(CC1CCCO1)c1ccc2c(c1)CCCC(=O)N2. The zero-order chi connectivity index (χ0) is 13.9. The molecule has 2 unspecified atom stereocenters. The molecule has 1 saturated heterocycles. The lowest BCUT2D eigenvalue weighted by atomic mass is 9.96. The maximum Gasteiger partial charge on any atom is 0.224 e. The van der Waals surface area contributed by atoms with E-state index in [1.54, 1.807) is 0 Å². The predicted octanol–water partition coefficient (Wildman–Crippen LogP) is 2.53. The van der Waals surface area contributed by atoms with Crippen LogP contribution in [0.15, 0.2) is 18.2 Å². The van der Waals surface area contributed by atoms with Crippen LogP contribution in [0, 0.1) is 0 Å². The normalized spacial score (nSPS) is 23.9. The van der Waals surface area contributed by atoms with Gasteiger partial charge in [0.1, 0.15) is 0 Å². The van der Waals surface area contributed by atoms with Crippen LogP contribution in [0.2, 0.25) is 0 Å². The fourth-order valence-corrected chi connectivity index (χ4v) is 3.07. The van der Waals surface area contributed by atoms with Gasteiger partial charge in [-0.3, -0.25) is 4.79 Å². The molecular formula is C16H22N2O2. The summed E-state index contributed by atoms with van der Waals surface area (Å²) in [6, 6.07) is 6.19. The van der Waals surface area contributed by atoms with Gasteiger partial charge in [0, 0.05) is 24.8 Å². The zero-order valence-electron chi connectivity index (χ0n) is 11.7. The molecule has 2 aliphatic heterocycles. The number of amides is 1. The summed E-state index contributed by atoms with van der Waals surface area (Å²) in [6.45, 7) is 0.869. The number of hydrogen-bond acceptors (Lipinski definition) is 3. The van der Waals surface area contributed by atoms with Gasteiger partial charge in [0.05, 0.1) is 6.10 Å². The molecule has 0 bridgehead atoms. The average molecular weight is 274 g/mol. The molecule has 2 aliphatic rings. The molecule has 1 aromatic rings. The van der Waals surface area contributed by atoms with Gasteiger partial charge in [0.15, 0.2) is 0 Å². The summed E-state index contributed by atoms with van der Waals surface area (Å²) in [5, 5.41) is 2.96. The van der Waals surface area contributed by atoms with Crippen molar-refractivity contribution in [3.8, 4) is 0 Å². The minimum absolute atomic E-state index is 0.0161. The van der Waals surface area contributed by atoms with Crippen molar-refractivity contribution in [2.24, 2.45) is 5.73 Å². The quantitative estimate of drug-likeness (QED) is 0.890. The first-order valence-electron chi connectivity index (χ1n) is 7.52. The van der Waals surface area contributed by atoms with Crippen molar-refractivity contribution in [2.45, 2.75) is 50.7 Å². The summed E-state index contributed by atoms with van der Waals surface area (Å²) in [4.78, 5) is 11.5. The molecule has 1 fully saturated rings. The molecule has 3 rings (SSSR count). The van der Waals surface area contributed by atoms with E-state index >= 15 is 0 Å². The molecule has 0 aliphatic carbocycles. The van der Waals surface area contributed by atoms with Crippen molar-refractivity contribution in [1.29, 1.82) is 0 Å². The summed E-state index contributed by atoms with van der Waals surface area (Å²) < 4.78 is 5.65. The number of carbonyl (C=O) groups is 1. The smallest absolute Gasteiger partial charge is 0.224 e. The number of rotatable bonds is 3. The largest absolute Gasteiger partial charge is 0.378 e. The maximum atomic E-state index is 11.5. The monoisotopic (exact) mass is 274 g/mol. The van der Waals surface area contributed by atoms with Crippen LogP contribution in [0.3, 0.4) is 0 Å². The number of aryl methyl sites for hydroxylation is 1. The van der Waals surface area contributed by atoms with Gasteiger partial charge in [-0.1, -0.05) is 12.1 Å². The third-order valence-corrected chi connectivity index (χ3v) is 4.22. The van der Waals surface area contributed by atoms with Crippen LogP contribution in [-0.4, -0.2) is 18.6 Å². The first kappa shape index (κ1) is 13.6. The van der Waals surface area contributed by atoms with Crippen molar-refractivity contribution in [3.05, 3.63) is 29.3 Å². The highest BCUT2D eigenvalue weighted by Crippen LogP contribution is 2.28. The van der Waals surface area contributed by atoms with E-state index in [2.05, 4.69) is 11.4 Å². The first-order valence-corrected chi connectivity index (χ1v) is 7.52. The lowest BCUT2D eigenvalue weighted by Crippen LogP contribution is -2.18. The number of nitrogens with two attached hydrogens (primary N) is 1. The molecule has 0 saturated carbocycles. The summed E-state index contributed by atoms with van der Waals surface area (Å²) in [5.41, 5.74) is 9.61. The molecular weight excluding hydrogens is 252 g/mol. The number of ether oxygens (including phenoxy) is 1. The van der Waals surface area contributed by atoms with E-state index in [-0.39, 0.29) is 11.9 Å². The summed E-state index contributed by atoms with van der Waals surface area (Å²) in [5.74, 6) is 0.111. The van der Waals surface area contributed by atoms with Crippen LogP contribution < -0.4 is 11.1 Å². The average Bonchev–Trinajstić information content (AvgIpc) is 2.85. The van der Waals surface area contributed by atoms with E-state index in [4.69, 9.17) is 10.5 Å². The topological polar surface area (TPSA) is 64.3 Å². The van der Waals surface area contributed by atoms with Crippen molar-refractivity contribution in [2.75, 3.05) is 11.9 Å². The van der Waals surface area contributed by atoms with E-state index in [1.807, 2.05) is 12.1 Å². The molecule has 4 heteroatoms. The van der Waals surface area contributed by atoms with E-state index in [0.29, 0.717) is 12.5 Å². The number of benzene rings is 1. The van der Waals surface area contributed by atoms with Gasteiger partial charge in [0.2, 0.25) is 5.91 Å². The molecule has 4 nitrogen and oxygen atoms in total. The minimum Gasteiger partial charge on any atom is -0.378 e. The third kappa shape index (κ3) is 3.02. The molecule has 20 heavy (non-hydrogen) atoms. The lowest BCUT2D eigenvalue weighted by molar-refractivity contribution is -0.116. The van der Waals surface area contributed by atoms with E-state index in [1.165, 1.54) is 5.56 Å². The molecule has 1 aromatic carbocycles. The highest BCUT2D eigenvalue weighted by molar-refractivity contribution is 5.92. The fourth-order valence-electron chi connectivity index (χ4n) is 3.07. The van der Waals surface area contributed by atoms with Crippen LogP contribution in [0.5, 0.6) is 0 Å². The first-order chi connectivity index (χ1) is 9.72. The molecule has 0 radical (unpaired) electrons. The van der Waals surface area contributed by atoms with Crippen LogP contribution in [0.4, 0.5) is 5.69 Å². The number of hydrogen-bond donors (Lipinski definition) is 2. The molecule has 0 aromatic heterocycles. The Morgan fingerprint density at radius 2 is 2.25 bits per heavy atom. The Morgan fingerprint density at radius 3 is 3.05 bits per heavy atom. The van der Waals surface area contributed by atoms with E-state index in [0.717, 1.165) is 50.0 Å². The van der Waals surface area contributed by atoms with Crippen molar-refractivity contribution >= 4 is 11.6 Å². The Hall–Kier alpha value is -1.39. The Balaban J connectivity index is 1.73. The highest BCUT2D eigenvalue weighted by Gasteiger charge is 2.21. The van der Waals surface area contributed by atoms with Gasteiger partial charge in [-0.05, 0) is 49.3 Å². The second kappa shape index (κ2) is 5.94. The lowest BCUT2D eigenvalue weighted by Gasteiger charge is -2.18. The Bertz CT molecular complexity index is 495. The van der Waals surface area contributed by atoms with Gasteiger partial charge in [0.25, 0.3) is 0 Å². The van der Waals surface area contributed by atoms with Crippen molar-refractivity contribution in [1.82, 2.24) is 0 Å². The number of nitrogens with one attached hydrogen (secondary N) is 1. The summed E-state index contributed by atoms with van der Waals surface area (Å²) in [7, 11) is 0. The van der Waals surface area contributed by atoms with Crippen molar-refractivity contribution < 1.29 is 9.53 Å². The number of carbonyl (C=O) groups excluding carboxylic acids is 1. The Kier molecular flexibility index (Phi) is 4.03. The van der Waals surface area contributed by atoms with Crippen LogP contribution in [0.1, 0.15) is 49.3 Å². The molecule has 108 valence electrons. The van der Waals surface area contributed by atoms with Crippen LogP contribution >= 0.6 is 0 Å². The second-order valence-corrected chi connectivity index (χ2v) is 5.80. The molecule has 0 spiro atoms. The minimum atomic E-state index is 0.0161. The van der Waals surface area contributed by atoms with E-state index < -0.39 is 0 Å². The summed E-state index contributed by atoms with van der Waals surface area (Å²) >= 11 is 0. The molecule has 1 amide bonds. The van der Waals surface area contributed by atoms with Gasteiger partial charge in [-0.2, -0.15) is 0 Å². The molecule has 2 atom stereocenters. The third-order valence-electron chi connectivity index (χ3n) is 4.22. The van der Waals surface area contributed by atoms with Crippen LogP contribution in [-0.2, 0) is 16.0 Å². The zero-order valence-corrected chi connectivity index (χ0v) is 11.7. The number of anilines is 1. The van der Waals surface area contributed by atoms with Gasteiger partial charge in [-0.25, -0.2) is 0 Å². The maximum absolute atomic E-state index is 11.5. The van der Waals surface area contributed by atoms with E-state index in [9.17, 15) is 4.79 Å². The van der Waals surface area contributed by atoms with Crippen LogP contribution in [0.25, 0.3) is 0 Å².